The summed E-state index contributed by atoms with van der Waals surface area (Å²) in [5, 5.41) is 9.44. The number of ketones is 1. The molecule has 1 saturated carbocycles. The van der Waals surface area contributed by atoms with Gasteiger partial charge in [-0.05, 0) is 43.9 Å². The predicted molar refractivity (Wildman–Crippen MR) is 87.2 cm³/mol. The van der Waals surface area contributed by atoms with E-state index in [0.29, 0.717) is 23.6 Å². The number of carbonyl (C=O) groups is 1. The monoisotopic (exact) mass is 359 g/mol. The van der Waals surface area contributed by atoms with E-state index in [9.17, 15) is 23.2 Å². The molecule has 0 amide bonds. The Bertz CT molecular complexity index is 881. The van der Waals surface area contributed by atoms with E-state index >= 15 is 0 Å². The second kappa shape index (κ2) is 6.52. The van der Waals surface area contributed by atoms with Gasteiger partial charge < -0.3 is 0 Å². The molecule has 0 spiro atoms. The van der Waals surface area contributed by atoms with Crippen LogP contribution >= 0.6 is 0 Å². The number of halogens is 3. The van der Waals surface area contributed by atoms with Crippen molar-refractivity contribution in [2.24, 2.45) is 5.92 Å². The molecule has 1 aromatic heterocycles. The number of hydrogen-bond donors (Lipinski definition) is 0. The first-order chi connectivity index (χ1) is 12.2. The Labute approximate surface area is 148 Å². The zero-order valence-electron chi connectivity index (χ0n) is 14.2. The summed E-state index contributed by atoms with van der Waals surface area (Å²) in [6, 6.07) is 8.80. The summed E-state index contributed by atoms with van der Waals surface area (Å²) in [4.78, 5) is 21.0. The maximum absolute atomic E-state index is 13.2. The second-order valence-electron chi connectivity index (χ2n) is 6.48. The number of aromatic nitrogens is 2. The maximum Gasteiger partial charge on any atom is 0.416 e. The van der Waals surface area contributed by atoms with Gasteiger partial charge in [0.15, 0.2) is 5.78 Å². The van der Waals surface area contributed by atoms with Crippen LogP contribution < -0.4 is 0 Å². The van der Waals surface area contributed by atoms with Crippen molar-refractivity contribution < 1.29 is 18.0 Å². The quantitative estimate of drug-likeness (QED) is 0.825. The molecule has 1 aliphatic carbocycles. The van der Waals surface area contributed by atoms with Crippen LogP contribution in [0.1, 0.15) is 46.6 Å². The number of nitriles is 1. The highest BCUT2D eigenvalue weighted by atomic mass is 19.4. The molecule has 0 bridgehead atoms. The first kappa shape index (κ1) is 18.1. The fourth-order valence-corrected chi connectivity index (χ4v) is 3.31. The molecule has 26 heavy (non-hydrogen) atoms. The van der Waals surface area contributed by atoms with Crippen LogP contribution in [0.5, 0.6) is 0 Å². The molecule has 0 saturated heterocycles. The van der Waals surface area contributed by atoms with Gasteiger partial charge in [0.25, 0.3) is 0 Å². The summed E-state index contributed by atoms with van der Waals surface area (Å²) in [6.45, 7) is 3.39. The van der Waals surface area contributed by atoms with Crippen molar-refractivity contribution in [2.45, 2.75) is 38.3 Å². The lowest BCUT2D eigenvalue weighted by Gasteiger charge is -2.13. The van der Waals surface area contributed by atoms with Gasteiger partial charge in [-0.1, -0.05) is 18.2 Å². The molecule has 1 fully saturated rings. The van der Waals surface area contributed by atoms with Gasteiger partial charge in [0.1, 0.15) is 11.7 Å². The van der Waals surface area contributed by atoms with Crippen molar-refractivity contribution >= 4 is 5.78 Å². The van der Waals surface area contributed by atoms with Crippen molar-refractivity contribution in [3.8, 4) is 6.07 Å². The molecular formula is C19H16F3N3O. The van der Waals surface area contributed by atoms with Crippen LogP contribution in [0, 0.1) is 31.1 Å². The molecule has 4 nitrogen and oxygen atoms in total. The zero-order valence-corrected chi connectivity index (χ0v) is 14.2. The van der Waals surface area contributed by atoms with E-state index in [1.54, 1.807) is 19.9 Å². The molecule has 3 rings (SSSR count). The highest BCUT2D eigenvalue weighted by Crippen LogP contribution is 2.52. The van der Waals surface area contributed by atoms with Crippen LogP contribution in [-0.2, 0) is 11.0 Å². The Kier molecular flexibility index (Phi) is 4.53. The molecule has 0 N–H and O–H groups in total. The van der Waals surface area contributed by atoms with Crippen molar-refractivity contribution in [3.05, 3.63) is 58.7 Å². The summed E-state index contributed by atoms with van der Waals surface area (Å²) >= 11 is 0. The van der Waals surface area contributed by atoms with E-state index in [-0.39, 0.29) is 11.3 Å². The SMILES string of the molecule is Cc1cc(C(C#N)C(=O)C2CC2c2ccccc2C(F)(F)F)nc(C)n1. The van der Waals surface area contributed by atoms with E-state index in [0.717, 1.165) is 6.07 Å². The Balaban J connectivity index is 1.86. The van der Waals surface area contributed by atoms with Crippen LogP contribution in [-0.4, -0.2) is 15.8 Å². The number of Topliss-reactive ketones (excluding diaryl/α,β-unsaturated/α-hetero) is 1. The van der Waals surface area contributed by atoms with Crippen LogP contribution in [0.25, 0.3) is 0 Å². The molecule has 1 aliphatic rings. The molecule has 1 heterocycles. The van der Waals surface area contributed by atoms with Crippen molar-refractivity contribution in [3.63, 3.8) is 0 Å². The highest BCUT2D eigenvalue weighted by Gasteiger charge is 2.49. The van der Waals surface area contributed by atoms with E-state index in [2.05, 4.69) is 9.97 Å². The fraction of sp³-hybridized carbons (Fsp3) is 0.368. The number of aryl methyl sites for hydroxylation is 2. The molecule has 7 heteroatoms. The summed E-state index contributed by atoms with van der Waals surface area (Å²) in [5.41, 5.74) is 0.334. The number of alkyl halides is 3. The van der Waals surface area contributed by atoms with Crippen LogP contribution in [0.3, 0.4) is 0 Å². The van der Waals surface area contributed by atoms with E-state index in [1.807, 2.05) is 6.07 Å². The molecule has 0 aliphatic heterocycles. The van der Waals surface area contributed by atoms with E-state index in [4.69, 9.17) is 0 Å². The van der Waals surface area contributed by atoms with Gasteiger partial charge in [-0.15, -0.1) is 0 Å². The highest BCUT2D eigenvalue weighted by molar-refractivity contribution is 5.93. The Morgan fingerprint density at radius 1 is 1.27 bits per heavy atom. The van der Waals surface area contributed by atoms with Gasteiger partial charge in [0.2, 0.25) is 0 Å². The molecule has 134 valence electrons. The van der Waals surface area contributed by atoms with Gasteiger partial charge in [-0.3, -0.25) is 4.79 Å². The normalized spacial score (nSPS) is 20.3. The van der Waals surface area contributed by atoms with Crippen molar-refractivity contribution in [2.75, 3.05) is 0 Å². The average molecular weight is 359 g/mol. The van der Waals surface area contributed by atoms with Gasteiger partial charge in [0, 0.05) is 11.6 Å². The number of rotatable bonds is 4. The fourth-order valence-electron chi connectivity index (χ4n) is 3.31. The zero-order chi connectivity index (χ0) is 19.1. The van der Waals surface area contributed by atoms with Crippen LogP contribution in [0.2, 0.25) is 0 Å². The maximum atomic E-state index is 13.2. The molecule has 1 aromatic carbocycles. The van der Waals surface area contributed by atoms with Crippen molar-refractivity contribution in [1.82, 2.24) is 9.97 Å². The van der Waals surface area contributed by atoms with Gasteiger partial charge >= 0.3 is 6.18 Å². The van der Waals surface area contributed by atoms with E-state index < -0.39 is 29.5 Å². The van der Waals surface area contributed by atoms with Gasteiger partial charge in [-0.2, -0.15) is 18.4 Å². The molecule has 3 unspecified atom stereocenters. The van der Waals surface area contributed by atoms with Crippen LogP contribution in [0.15, 0.2) is 30.3 Å². The minimum Gasteiger partial charge on any atom is -0.297 e. The summed E-state index contributed by atoms with van der Waals surface area (Å²) in [7, 11) is 0. The smallest absolute Gasteiger partial charge is 0.297 e. The number of nitrogens with zero attached hydrogens (tertiary/aromatic N) is 3. The Morgan fingerprint density at radius 3 is 2.58 bits per heavy atom. The molecule has 3 atom stereocenters. The lowest BCUT2D eigenvalue weighted by Crippen LogP contribution is -2.17. The Hall–Kier alpha value is -2.75. The topological polar surface area (TPSA) is 66.6 Å². The van der Waals surface area contributed by atoms with E-state index in [1.165, 1.54) is 18.2 Å². The average Bonchev–Trinajstić information content (AvgIpc) is 3.34. The summed E-state index contributed by atoms with van der Waals surface area (Å²) in [5.74, 6) is -2.14. The third kappa shape index (κ3) is 3.45. The lowest BCUT2D eigenvalue weighted by molar-refractivity contribution is -0.138. The van der Waals surface area contributed by atoms with Gasteiger partial charge in [0.05, 0.1) is 17.3 Å². The first-order valence-corrected chi connectivity index (χ1v) is 8.14. The van der Waals surface area contributed by atoms with Crippen molar-refractivity contribution in [1.29, 1.82) is 5.26 Å². The largest absolute Gasteiger partial charge is 0.416 e. The third-order valence-electron chi connectivity index (χ3n) is 4.52. The Morgan fingerprint density at radius 2 is 1.96 bits per heavy atom. The predicted octanol–water partition coefficient (Wildman–Crippen LogP) is 4.09. The van der Waals surface area contributed by atoms with Crippen LogP contribution in [0.4, 0.5) is 13.2 Å². The number of benzene rings is 1. The molecule has 0 radical (unpaired) electrons. The second-order valence-corrected chi connectivity index (χ2v) is 6.48. The summed E-state index contributed by atoms with van der Waals surface area (Å²) < 4.78 is 39.6. The minimum atomic E-state index is -4.47. The minimum absolute atomic E-state index is 0.116. The number of hydrogen-bond acceptors (Lipinski definition) is 4. The first-order valence-electron chi connectivity index (χ1n) is 8.14. The molecular weight excluding hydrogens is 343 g/mol. The standard InChI is InChI=1S/C19H16F3N3O/c1-10-7-17(25-11(2)24-10)15(9-23)18(26)14-8-13(14)12-5-3-4-6-16(12)19(20,21)22/h3-7,13-15H,8H2,1-2H3. The van der Waals surface area contributed by atoms with Gasteiger partial charge in [-0.25, -0.2) is 9.97 Å². The molecule has 2 aromatic rings. The third-order valence-corrected chi connectivity index (χ3v) is 4.52. The number of carbonyl (C=O) groups excluding carboxylic acids is 1. The lowest BCUT2D eigenvalue weighted by atomic mass is 9.94. The summed E-state index contributed by atoms with van der Waals surface area (Å²) in [6.07, 6.45) is -4.16.